The third-order valence-electron chi connectivity index (χ3n) is 11.0. The van der Waals surface area contributed by atoms with Gasteiger partial charge >= 0.3 is 11.9 Å². The maximum absolute atomic E-state index is 11.3. The molecule has 2 N–H and O–H groups in total. The molecular weight excluding hydrogens is 827 g/mol. The van der Waals surface area contributed by atoms with Crippen molar-refractivity contribution in [1.29, 1.82) is 0 Å². The second kappa shape index (κ2) is 20.7. The summed E-state index contributed by atoms with van der Waals surface area (Å²) in [6.45, 7) is 14.2. The van der Waals surface area contributed by atoms with Gasteiger partial charge in [-0.25, -0.2) is 9.69 Å². The highest BCUT2D eigenvalue weighted by Crippen LogP contribution is 2.36. The lowest BCUT2D eigenvalue weighted by atomic mass is 9.94. The molecule has 0 aliphatic carbocycles. The first-order chi connectivity index (χ1) is 32.7. The standard InChI is InChI=1S/C60H41N3O4/c1-61-57(59(64)65)39-47-20-16-42(17-21-47)12-14-44-24-32-53(33-25-44)63(54-34-26-45(27-35-54)15-13-43-18-22-48(23-19-43)40-58(62-2)60(66)67)55-36-28-46(29-37-55)38-56(50-9-4-3-5-10-50)52-31-30-49-8-6-7-11-51(49)41-52/h3-41H,(H,64,65)(H,66,67). The molecule has 0 fully saturated rings. The zero-order valence-electron chi connectivity index (χ0n) is 36.1. The van der Waals surface area contributed by atoms with Crippen LogP contribution in [0.1, 0.15) is 50.1 Å². The van der Waals surface area contributed by atoms with E-state index in [4.69, 9.17) is 13.1 Å². The Labute approximate surface area is 389 Å². The lowest BCUT2D eigenvalue weighted by Gasteiger charge is -2.26. The van der Waals surface area contributed by atoms with Crippen LogP contribution >= 0.6 is 0 Å². The summed E-state index contributed by atoms with van der Waals surface area (Å²) in [6, 6.07) is 65.4. The molecule has 0 atom stereocenters. The minimum Gasteiger partial charge on any atom is -0.486 e. The van der Waals surface area contributed by atoms with Gasteiger partial charge < -0.3 is 15.1 Å². The summed E-state index contributed by atoms with van der Waals surface area (Å²) < 4.78 is 0. The summed E-state index contributed by atoms with van der Waals surface area (Å²) >= 11 is 0. The van der Waals surface area contributed by atoms with Gasteiger partial charge in [-0.15, -0.1) is 0 Å². The third-order valence-corrected chi connectivity index (χ3v) is 11.0. The van der Waals surface area contributed by atoms with E-state index in [1.807, 2.05) is 54.6 Å². The fraction of sp³-hybridized carbons (Fsp3) is 0. The van der Waals surface area contributed by atoms with E-state index in [-0.39, 0.29) is 11.4 Å². The number of carboxylic acids is 2. The summed E-state index contributed by atoms with van der Waals surface area (Å²) in [5, 5.41) is 20.8. The van der Waals surface area contributed by atoms with E-state index in [9.17, 15) is 19.8 Å². The summed E-state index contributed by atoms with van der Waals surface area (Å²) in [7, 11) is 0. The molecule has 8 aromatic rings. The van der Waals surface area contributed by atoms with Gasteiger partial charge in [-0.1, -0.05) is 176 Å². The van der Waals surface area contributed by atoms with Crippen molar-refractivity contribution < 1.29 is 19.8 Å². The van der Waals surface area contributed by atoms with E-state index in [2.05, 4.69) is 160 Å². The fourth-order valence-electron chi connectivity index (χ4n) is 7.50. The fourth-order valence-corrected chi connectivity index (χ4v) is 7.50. The Morgan fingerprint density at radius 1 is 0.388 bits per heavy atom. The predicted octanol–water partition coefficient (Wildman–Crippen LogP) is 14.9. The lowest BCUT2D eigenvalue weighted by Crippen LogP contribution is -2.09. The number of benzene rings is 8. The maximum atomic E-state index is 11.3. The molecule has 0 radical (unpaired) electrons. The molecule has 7 heteroatoms. The first kappa shape index (κ1) is 44.1. The average molecular weight is 868 g/mol. The van der Waals surface area contributed by atoms with Gasteiger partial charge in [0.25, 0.3) is 11.4 Å². The van der Waals surface area contributed by atoms with Gasteiger partial charge in [0.05, 0.1) is 13.1 Å². The summed E-state index contributed by atoms with van der Waals surface area (Å²) in [5.74, 6) is -2.50. The number of rotatable bonds is 14. The number of carbonyl (C=O) groups is 2. The highest BCUT2D eigenvalue weighted by molar-refractivity contribution is 5.97. The molecule has 0 amide bonds. The molecule has 8 aromatic carbocycles. The molecule has 0 heterocycles. The monoisotopic (exact) mass is 867 g/mol. The zero-order valence-corrected chi connectivity index (χ0v) is 36.1. The largest absolute Gasteiger partial charge is 0.486 e. The van der Waals surface area contributed by atoms with Crippen molar-refractivity contribution in [2.75, 3.05) is 4.90 Å². The SMILES string of the molecule is [C-]#[N+]C(=Cc1ccc(C=Cc2ccc(N(c3ccc(C=Cc4ccc(C=C([N+]#[C-])C(=O)O)cc4)cc3)c3ccc(C=C(c4ccccc4)c4ccc5ccccc5c4)cc3)cc2)cc1)C(=O)O. The molecule has 0 bridgehead atoms. The van der Waals surface area contributed by atoms with Crippen LogP contribution in [0.25, 0.3) is 68.6 Å². The van der Waals surface area contributed by atoms with E-state index in [0.29, 0.717) is 11.1 Å². The van der Waals surface area contributed by atoms with Crippen LogP contribution in [0.4, 0.5) is 17.1 Å². The van der Waals surface area contributed by atoms with Crippen molar-refractivity contribution in [2.45, 2.75) is 0 Å². The topological polar surface area (TPSA) is 86.6 Å². The van der Waals surface area contributed by atoms with Crippen molar-refractivity contribution in [3.8, 4) is 0 Å². The number of nitrogens with zero attached hydrogens (tertiary/aromatic N) is 3. The number of aliphatic carboxylic acids is 2. The summed E-state index contributed by atoms with van der Waals surface area (Å²) in [6.07, 6.45) is 13.0. The van der Waals surface area contributed by atoms with Crippen LogP contribution in [0.5, 0.6) is 0 Å². The van der Waals surface area contributed by atoms with Crippen molar-refractivity contribution in [1.82, 2.24) is 0 Å². The Hall–Kier alpha value is -9.56. The van der Waals surface area contributed by atoms with E-state index < -0.39 is 11.9 Å². The highest BCUT2D eigenvalue weighted by Gasteiger charge is 2.14. The van der Waals surface area contributed by atoms with Crippen LogP contribution in [0, 0.1) is 13.1 Å². The van der Waals surface area contributed by atoms with Gasteiger partial charge in [0.15, 0.2) is 0 Å². The van der Waals surface area contributed by atoms with Gasteiger partial charge in [0.1, 0.15) is 0 Å². The molecule has 7 nitrogen and oxygen atoms in total. The zero-order chi connectivity index (χ0) is 46.5. The molecule has 67 heavy (non-hydrogen) atoms. The average Bonchev–Trinajstić information content (AvgIpc) is 3.37. The maximum Gasteiger partial charge on any atom is 0.333 e. The molecule has 0 saturated carbocycles. The van der Waals surface area contributed by atoms with E-state index in [1.54, 1.807) is 24.3 Å². The quantitative estimate of drug-likeness (QED) is 0.0646. The van der Waals surface area contributed by atoms with Crippen LogP contribution in [0.15, 0.2) is 206 Å². The molecule has 0 aromatic heterocycles. The molecule has 0 unspecified atom stereocenters. The minimum atomic E-state index is -1.25. The van der Waals surface area contributed by atoms with Gasteiger partial charge in [-0.05, 0) is 127 Å². The Balaban J connectivity index is 1.09. The smallest absolute Gasteiger partial charge is 0.333 e. The Morgan fingerprint density at radius 2 is 0.746 bits per heavy atom. The number of fused-ring (bicyclic) bond motifs is 1. The first-order valence-corrected chi connectivity index (χ1v) is 21.3. The highest BCUT2D eigenvalue weighted by atomic mass is 16.4. The van der Waals surface area contributed by atoms with Crippen LogP contribution in [-0.4, -0.2) is 22.2 Å². The van der Waals surface area contributed by atoms with Crippen molar-refractivity contribution in [3.63, 3.8) is 0 Å². The lowest BCUT2D eigenvalue weighted by molar-refractivity contribution is -0.133. The Bertz CT molecular complexity index is 3170. The third kappa shape index (κ3) is 11.2. The van der Waals surface area contributed by atoms with Crippen molar-refractivity contribution in [2.24, 2.45) is 0 Å². The second-order valence-corrected chi connectivity index (χ2v) is 15.5. The molecule has 0 aliphatic rings. The molecule has 0 saturated heterocycles. The number of carboxylic acid groups (broad SMARTS) is 2. The number of hydrogen-bond acceptors (Lipinski definition) is 3. The summed E-state index contributed by atoms with van der Waals surface area (Å²) in [4.78, 5) is 30.9. The van der Waals surface area contributed by atoms with E-state index in [0.717, 1.165) is 61.6 Å². The number of hydrogen-bond donors (Lipinski definition) is 2. The van der Waals surface area contributed by atoms with Crippen LogP contribution < -0.4 is 4.90 Å². The minimum absolute atomic E-state index is 0.334. The second-order valence-electron chi connectivity index (χ2n) is 15.5. The molecular formula is C60H41N3O4. The molecule has 8 rings (SSSR count). The Kier molecular flexibility index (Phi) is 13.6. The van der Waals surface area contributed by atoms with Gasteiger partial charge in [-0.3, -0.25) is 9.59 Å². The van der Waals surface area contributed by atoms with Crippen molar-refractivity contribution in [3.05, 3.63) is 278 Å². The molecule has 0 spiro atoms. The van der Waals surface area contributed by atoms with E-state index >= 15 is 0 Å². The molecule has 320 valence electrons. The molecule has 0 aliphatic heterocycles. The van der Waals surface area contributed by atoms with Crippen LogP contribution in [-0.2, 0) is 9.59 Å². The number of anilines is 3. The van der Waals surface area contributed by atoms with Gasteiger partial charge in [-0.2, -0.15) is 0 Å². The first-order valence-electron chi connectivity index (χ1n) is 21.3. The van der Waals surface area contributed by atoms with E-state index in [1.165, 1.54) is 22.9 Å². The van der Waals surface area contributed by atoms with Gasteiger partial charge in [0, 0.05) is 17.1 Å². The van der Waals surface area contributed by atoms with Crippen LogP contribution in [0.2, 0.25) is 0 Å². The van der Waals surface area contributed by atoms with Crippen LogP contribution in [0.3, 0.4) is 0 Å². The normalized spacial score (nSPS) is 11.9. The Morgan fingerprint density at radius 3 is 1.16 bits per heavy atom. The predicted molar refractivity (Wildman–Crippen MR) is 274 cm³/mol. The summed E-state index contributed by atoms with van der Waals surface area (Å²) in [5.41, 5.74) is 11.8. The van der Waals surface area contributed by atoms with Gasteiger partial charge in [0.2, 0.25) is 0 Å². The van der Waals surface area contributed by atoms with Crippen molar-refractivity contribution >= 4 is 87.9 Å².